The second kappa shape index (κ2) is 13.6. The molecule has 1 saturated heterocycles. The Kier molecular flexibility index (Phi) is 10.9. The molecule has 2 amide bonds. The summed E-state index contributed by atoms with van der Waals surface area (Å²) in [6.45, 7) is 9.97. The van der Waals surface area contributed by atoms with Gasteiger partial charge in [-0.2, -0.15) is 4.90 Å². The van der Waals surface area contributed by atoms with Crippen LogP contribution in [0.5, 0.6) is 0 Å². The quantitative estimate of drug-likeness (QED) is 0.222. The second-order valence-corrected chi connectivity index (χ2v) is 13.3. The molecule has 15 nitrogen and oxygen atoms in total. The van der Waals surface area contributed by atoms with E-state index >= 15 is 0 Å². The minimum absolute atomic E-state index is 0.0929. The molecule has 232 valence electrons. The molecule has 1 aliphatic rings. The van der Waals surface area contributed by atoms with Crippen molar-refractivity contribution in [2.24, 2.45) is 0 Å². The van der Waals surface area contributed by atoms with Gasteiger partial charge in [-0.25, -0.2) is 24.5 Å². The summed E-state index contributed by atoms with van der Waals surface area (Å²) in [4.78, 5) is 51.0. The van der Waals surface area contributed by atoms with Crippen molar-refractivity contribution in [3.05, 3.63) is 12.7 Å². The third-order valence-corrected chi connectivity index (χ3v) is 7.86. The van der Waals surface area contributed by atoms with E-state index in [1.54, 1.807) is 46.1 Å². The van der Waals surface area contributed by atoms with Crippen molar-refractivity contribution in [2.45, 2.75) is 82.3 Å². The molecule has 2 aromatic heterocycles. The first-order valence-corrected chi connectivity index (χ1v) is 14.7. The Morgan fingerprint density at radius 3 is 2.10 bits per heavy atom. The minimum Gasteiger partial charge on any atom is -0.468 e. The summed E-state index contributed by atoms with van der Waals surface area (Å²) in [5.41, 5.74) is -1.53. The average Bonchev–Trinajstić information content (AvgIpc) is 3.47. The first kappa shape index (κ1) is 33.6. The van der Waals surface area contributed by atoms with Gasteiger partial charge in [0.05, 0.1) is 19.5 Å². The smallest absolute Gasteiger partial charge is 0.425 e. The van der Waals surface area contributed by atoms with E-state index in [1.165, 1.54) is 34.0 Å². The fraction of sp³-hybridized carbons (Fsp3) is 0.680. The lowest BCUT2D eigenvalue weighted by molar-refractivity contribution is -0.138. The maximum atomic E-state index is 13.2. The highest BCUT2D eigenvalue weighted by atomic mass is 32.2. The monoisotopic (exact) mass is 629 g/mol. The van der Waals surface area contributed by atoms with Gasteiger partial charge in [0.1, 0.15) is 29.7 Å². The zero-order valence-corrected chi connectivity index (χ0v) is 26.6. The van der Waals surface area contributed by atoms with Gasteiger partial charge in [0.15, 0.2) is 36.7 Å². The number of rotatable bonds is 9. The molecule has 0 radical (unpaired) electrons. The molecule has 0 aliphatic carbocycles. The van der Waals surface area contributed by atoms with Gasteiger partial charge in [0.25, 0.3) is 0 Å². The lowest BCUT2D eigenvalue weighted by Gasteiger charge is -2.28. The van der Waals surface area contributed by atoms with Crippen LogP contribution in [-0.2, 0) is 37.8 Å². The highest BCUT2D eigenvalue weighted by Gasteiger charge is 2.47. The van der Waals surface area contributed by atoms with Crippen LogP contribution in [-0.4, -0.2) is 99.3 Å². The third kappa shape index (κ3) is 7.72. The van der Waals surface area contributed by atoms with Gasteiger partial charge in [-0.3, -0.25) is 13.9 Å². The van der Waals surface area contributed by atoms with E-state index < -0.39 is 67.3 Å². The van der Waals surface area contributed by atoms with Crippen LogP contribution in [0.4, 0.5) is 15.4 Å². The zero-order chi connectivity index (χ0) is 31.4. The predicted molar refractivity (Wildman–Crippen MR) is 152 cm³/mol. The molecule has 3 heterocycles. The Bertz CT molecular complexity index is 1270. The number of carbonyl (C=O) groups is 3. The summed E-state index contributed by atoms with van der Waals surface area (Å²) in [5, 5.41) is 0. The van der Waals surface area contributed by atoms with E-state index in [1.807, 2.05) is 0 Å². The Balaban J connectivity index is 2.01. The largest absolute Gasteiger partial charge is 0.468 e. The van der Waals surface area contributed by atoms with Crippen molar-refractivity contribution in [2.75, 3.05) is 32.0 Å². The minimum atomic E-state index is -1.01. The lowest BCUT2D eigenvalue weighted by atomic mass is 10.1. The Morgan fingerprint density at radius 1 is 1.00 bits per heavy atom. The molecule has 1 fully saturated rings. The number of imidazole rings is 1. The molecule has 1 aliphatic heterocycles. The van der Waals surface area contributed by atoms with Crippen LogP contribution in [0, 0.1) is 0 Å². The summed E-state index contributed by atoms with van der Waals surface area (Å²) in [5.74, 6) is -0.560. The van der Waals surface area contributed by atoms with Gasteiger partial charge in [-0.15, -0.1) is 11.8 Å². The van der Waals surface area contributed by atoms with Crippen LogP contribution in [0.15, 0.2) is 12.7 Å². The summed E-state index contributed by atoms with van der Waals surface area (Å²) in [6.07, 6.45) is -2.10. The molecule has 17 heteroatoms. The number of carbonyl (C=O) groups excluding carboxylic acids is 3. The lowest BCUT2D eigenvalue weighted by Crippen LogP contribution is -2.44. The first-order chi connectivity index (χ1) is 19.6. The number of imide groups is 1. The Hall–Kier alpha value is -2.91. The summed E-state index contributed by atoms with van der Waals surface area (Å²) < 4.78 is 46.4. The topological polar surface area (TPSA) is 170 Å². The molecule has 0 spiro atoms. The summed E-state index contributed by atoms with van der Waals surface area (Å²) in [7, 11) is 3.80. The first-order valence-electron chi connectivity index (χ1n) is 12.8. The van der Waals surface area contributed by atoms with E-state index in [0.717, 1.165) is 11.8 Å². The van der Waals surface area contributed by atoms with E-state index in [2.05, 4.69) is 15.0 Å². The summed E-state index contributed by atoms with van der Waals surface area (Å²) in [6, 6.07) is 0. The van der Waals surface area contributed by atoms with Gasteiger partial charge < -0.3 is 28.4 Å². The van der Waals surface area contributed by atoms with Crippen LogP contribution < -0.4 is 4.90 Å². The highest BCUT2D eigenvalue weighted by molar-refractivity contribution is 8.04. The number of nitrogens with zero attached hydrogens (tertiary/aromatic N) is 5. The molecule has 0 aromatic carbocycles. The van der Waals surface area contributed by atoms with Gasteiger partial charge in [0.2, 0.25) is 0 Å². The van der Waals surface area contributed by atoms with Crippen molar-refractivity contribution >= 4 is 55.4 Å². The predicted octanol–water partition coefficient (Wildman–Crippen LogP) is 3.95. The molecule has 42 heavy (non-hydrogen) atoms. The van der Waals surface area contributed by atoms with Gasteiger partial charge in [0, 0.05) is 20.0 Å². The van der Waals surface area contributed by atoms with Crippen LogP contribution in [0.2, 0.25) is 0 Å². The number of methoxy groups -OCH3 is 3. The van der Waals surface area contributed by atoms with E-state index in [0.29, 0.717) is 4.90 Å². The molecule has 5 atom stereocenters. The number of amides is 2. The second-order valence-electron chi connectivity index (χ2n) is 11.1. The zero-order valence-electron chi connectivity index (χ0n) is 24.9. The van der Waals surface area contributed by atoms with Crippen LogP contribution >= 0.6 is 20.2 Å². The Morgan fingerprint density at radius 2 is 1.60 bits per heavy atom. The number of anilines is 1. The normalized spacial score (nSPS) is 21.7. The maximum Gasteiger partial charge on any atom is 0.425 e. The number of hydrogen-bond acceptors (Lipinski definition) is 14. The highest BCUT2D eigenvalue weighted by Crippen LogP contribution is 2.38. The number of thioether (sulfide) groups is 1. The summed E-state index contributed by atoms with van der Waals surface area (Å²) >= 11 is 1.09. The number of aromatic nitrogens is 4. The molecule has 0 saturated carbocycles. The SMILES string of the molecule is COC(=O)C(P=O)SC[C@H]1O[C@@H](n2cnc3c(N(C(=O)OC(C)(C)C)C(=O)OC(C)(C)C)ncnc32)[C@H](OC)[C@@H]1OC. The van der Waals surface area contributed by atoms with Crippen molar-refractivity contribution in [3.63, 3.8) is 0 Å². The Labute approximate surface area is 249 Å². The van der Waals surface area contributed by atoms with E-state index in [9.17, 15) is 18.9 Å². The number of hydrogen-bond donors (Lipinski definition) is 0. The molecular formula is C25H36N5O10PS. The molecule has 0 bridgehead atoms. The molecule has 1 unspecified atom stereocenters. The van der Waals surface area contributed by atoms with Crippen molar-refractivity contribution in [1.82, 2.24) is 19.5 Å². The van der Waals surface area contributed by atoms with Gasteiger partial charge in [-0.1, -0.05) is 0 Å². The standard InChI is InChI=1S/C25H36N5O10PS/c1-24(2,3)39-22(32)30(23(33)40-25(4,5)6)18-14-17(26-11-27-18)29(12-28-14)19-16(36-8)15(35-7)13(38-19)10-42-21(41-34)20(31)37-9/h11-13,15-16,19,21H,10H2,1-9H3/t13-,15-,16-,19-,21?/m1/s1. The van der Waals surface area contributed by atoms with Crippen molar-refractivity contribution in [3.8, 4) is 0 Å². The number of esters is 1. The third-order valence-electron chi connectivity index (χ3n) is 5.72. The molecule has 0 N–H and O–H groups in total. The van der Waals surface area contributed by atoms with E-state index in [4.69, 9.17) is 28.4 Å². The van der Waals surface area contributed by atoms with Crippen LogP contribution in [0.3, 0.4) is 0 Å². The number of ether oxygens (including phenoxy) is 6. The van der Waals surface area contributed by atoms with Crippen molar-refractivity contribution in [1.29, 1.82) is 0 Å². The fourth-order valence-electron chi connectivity index (χ4n) is 4.08. The average molecular weight is 630 g/mol. The molecule has 2 aromatic rings. The van der Waals surface area contributed by atoms with Gasteiger partial charge in [-0.05, 0) is 41.5 Å². The maximum absolute atomic E-state index is 13.2. The molecular weight excluding hydrogens is 593 g/mol. The van der Waals surface area contributed by atoms with Crippen molar-refractivity contribution < 1.29 is 47.4 Å². The molecule has 3 rings (SSSR count). The van der Waals surface area contributed by atoms with Crippen LogP contribution in [0.1, 0.15) is 47.8 Å². The van der Waals surface area contributed by atoms with Gasteiger partial charge >= 0.3 is 18.2 Å². The van der Waals surface area contributed by atoms with Crippen LogP contribution in [0.25, 0.3) is 11.2 Å². The van der Waals surface area contributed by atoms with E-state index in [-0.39, 0.29) is 22.7 Å². The fourth-order valence-corrected chi connectivity index (χ4v) is 5.65. The number of fused-ring (bicyclic) bond motifs is 1.